The summed E-state index contributed by atoms with van der Waals surface area (Å²) in [4.78, 5) is 0. The van der Waals surface area contributed by atoms with Gasteiger partial charge < -0.3 is 4.74 Å². The van der Waals surface area contributed by atoms with Gasteiger partial charge in [0.2, 0.25) is 0 Å². The fraction of sp³-hybridized carbons (Fsp3) is 0.684. The first-order valence-corrected chi connectivity index (χ1v) is 10.8. The number of hydrogen-bond acceptors (Lipinski definition) is 3. The fourth-order valence-corrected chi connectivity index (χ4v) is 5.76. The third-order valence-corrected chi connectivity index (χ3v) is 7.62. The zero-order valence-corrected chi connectivity index (χ0v) is 16.2. The molecule has 1 aromatic carbocycles. The minimum atomic E-state index is -3.41. The average molecular weight is 367 g/mol. The molecule has 2 aliphatic heterocycles. The number of rotatable bonds is 4. The molecular weight excluding hydrogens is 336 g/mol. The number of benzene rings is 1. The van der Waals surface area contributed by atoms with Crippen molar-refractivity contribution < 1.29 is 13.2 Å². The Morgan fingerprint density at radius 3 is 2.28 bits per heavy atom. The normalized spacial score (nSPS) is 24.8. The average Bonchev–Trinajstić information content (AvgIpc) is 2.89. The largest absolute Gasteiger partial charge is 0.497 e. The van der Waals surface area contributed by atoms with Crippen molar-refractivity contribution in [3.63, 3.8) is 0 Å². The highest BCUT2D eigenvalue weighted by molar-refractivity contribution is 7.86. The van der Waals surface area contributed by atoms with E-state index in [1.165, 1.54) is 0 Å². The Kier molecular flexibility index (Phi) is 6.02. The predicted octanol–water partition coefficient (Wildman–Crippen LogP) is 3.59. The summed E-state index contributed by atoms with van der Waals surface area (Å²) in [5.74, 6) is 1.42. The molecular formula is C19H30N2O3S. The molecule has 2 fully saturated rings. The SMILES string of the molecule is COc1ccc(C2CCCCCN2S(=O)(=O)N2CCC(C)CC2)cc1. The summed E-state index contributed by atoms with van der Waals surface area (Å²) in [6.45, 7) is 4.12. The van der Waals surface area contributed by atoms with Crippen LogP contribution < -0.4 is 4.74 Å². The molecule has 1 aromatic rings. The van der Waals surface area contributed by atoms with Crippen molar-refractivity contribution in [3.8, 4) is 5.75 Å². The molecule has 0 radical (unpaired) electrons. The van der Waals surface area contributed by atoms with Crippen LogP contribution in [0.25, 0.3) is 0 Å². The Bertz CT molecular complexity index is 652. The summed E-state index contributed by atoms with van der Waals surface area (Å²) in [7, 11) is -1.76. The molecule has 0 bridgehead atoms. The molecule has 0 aromatic heterocycles. The summed E-state index contributed by atoms with van der Waals surface area (Å²) in [6.07, 6.45) is 5.90. The molecule has 25 heavy (non-hydrogen) atoms. The van der Waals surface area contributed by atoms with Crippen molar-refractivity contribution in [2.24, 2.45) is 5.92 Å². The van der Waals surface area contributed by atoms with Gasteiger partial charge in [-0.3, -0.25) is 0 Å². The molecule has 0 aliphatic carbocycles. The molecule has 1 atom stereocenters. The van der Waals surface area contributed by atoms with Crippen molar-refractivity contribution in [1.82, 2.24) is 8.61 Å². The highest BCUT2D eigenvalue weighted by Gasteiger charge is 2.37. The summed E-state index contributed by atoms with van der Waals surface area (Å²) in [5.41, 5.74) is 1.07. The van der Waals surface area contributed by atoms with Gasteiger partial charge in [-0.15, -0.1) is 0 Å². The molecule has 5 nitrogen and oxygen atoms in total. The highest BCUT2D eigenvalue weighted by atomic mass is 32.2. The van der Waals surface area contributed by atoms with Gasteiger partial charge in [0, 0.05) is 19.6 Å². The van der Waals surface area contributed by atoms with E-state index in [9.17, 15) is 8.42 Å². The molecule has 1 unspecified atom stereocenters. The molecule has 2 saturated heterocycles. The van der Waals surface area contributed by atoms with Gasteiger partial charge in [-0.05, 0) is 49.3 Å². The van der Waals surface area contributed by atoms with Crippen LogP contribution in [0.2, 0.25) is 0 Å². The van der Waals surface area contributed by atoms with Crippen LogP contribution in [0.4, 0.5) is 0 Å². The lowest BCUT2D eigenvalue weighted by molar-refractivity contribution is 0.245. The van der Waals surface area contributed by atoms with Gasteiger partial charge in [-0.2, -0.15) is 17.0 Å². The summed E-state index contributed by atoms with van der Waals surface area (Å²) >= 11 is 0. The van der Waals surface area contributed by atoms with E-state index < -0.39 is 10.2 Å². The number of hydrogen-bond donors (Lipinski definition) is 0. The van der Waals surface area contributed by atoms with Gasteiger partial charge >= 0.3 is 0 Å². The van der Waals surface area contributed by atoms with Crippen LogP contribution in [-0.4, -0.2) is 43.8 Å². The van der Waals surface area contributed by atoms with E-state index >= 15 is 0 Å². The quantitative estimate of drug-likeness (QED) is 0.818. The van der Waals surface area contributed by atoms with E-state index in [-0.39, 0.29) is 6.04 Å². The number of methoxy groups -OCH3 is 1. The Morgan fingerprint density at radius 2 is 1.64 bits per heavy atom. The maximum atomic E-state index is 13.3. The maximum Gasteiger partial charge on any atom is 0.282 e. The first-order valence-electron chi connectivity index (χ1n) is 9.43. The third-order valence-electron chi connectivity index (χ3n) is 5.57. The monoisotopic (exact) mass is 366 g/mol. The van der Waals surface area contributed by atoms with E-state index in [2.05, 4.69) is 6.92 Å². The van der Waals surface area contributed by atoms with Gasteiger partial charge in [-0.25, -0.2) is 0 Å². The lowest BCUT2D eigenvalue weighted by Crippen LogP contribution is -2.48. The molecule has 3 rings (SSSR count). The van der Waals surface area contributed by atoms with Crippen molar-refractivity contribution in [2.75, 3.05) is 26.7 Å². The smallest absolute Gasteiger partial charge is 0.282 e. The molecule has 6 heteroatoms. The lowest BCUT2D eigenvalue weighted by Gasteiger charge is -2.37. The zero-order chi connectivity index (χ0) is 17.9. The molecule has 0 saturated carbocycles. The Hall–Kier alpha value is -1.11. The van der Waals surface area contributed by atoms with E-state index in [0.717, 1.165) is 49.8 Å². The van der Waals surface area contributed by atoms with E-state index in [0.29, 0.717) is 25.6 Å². The van der Waals surface area contributed by atoms with Crippen LogP contribution >= 0.6 is 0 Å². The van der Waals surface area contributed by atoms with E-state index in [4.69, 9.17) is 4.74 Å². The van der Waals surface area contributed by atoms with Crippen LogP contribution in [0.1, 0.15) is 57.1 Å². The van der Waals surface area contributed by atoms with Gasteiger partial charge in [0.15, 0.2) is 0 Å². The topological polar surface area (TPSA) is 49.9 Å². The molecule has 2 aliphatic rings. The zero-order valence-electron chi connectivity index (χ0n) is 15.4. The molecule has 2 heterocycles. The van der Waals surface area contributed by atoms with Crippen LogP contribution in [-0.2, 0) is 10.2 Å². The third kappa shape index (κ3) is 4.18. The first-order chi connectivity index (χ1) is 12.0. The van der Waals surface area contributed by atoms with E-state index in [1.807, 2.05) is 24.3 Å². The van der Waals surface area contributed by atoms with Crippen LogP contribution in [0.5, 0.6) is 5.75 Å². The Balaban J connectivity index is 1.86. The summed E-state index contributed by atoms with van der Waals surface area (Å²) in [6, 6.07) is 7.80. The number of ether oxygens (including phenoxy) is 1. The second kappa shape index (κ2) is 8.06. The lowest BCUT2D eigenvalue weighted by atomic mass is 10.0. The minimum absolute atomic E-state index is 0.0715. The van der Waals surface area contributed by atoms with Crippen LogP contribution in [0.3, 0.4) is 0 Å². The molecule has 0 N–H and O–H groups in total. The van der Waals surface area contributed by atoms with Gasteiger partial charge in [0.25, 0.3) is 10.2 Å². The molecule has 140 valence electrons. The molecule has 0 spiro atoms. The van der Waals surface area contributed by atoms with Crippen molar-refractivity contribution >= 4 is 10.2 Å². The van der Waals surface area contributed by atoms with Crippen molar-refractivity contribution in [3.05, 3.63) is 29.8 Å². The highest BCUT2D eigenvalue weighted by Crippen LogP contribution is 2.35. The van der Waals surface area contributed by atoms with Crippen molar-refractivity contribution in [1.29, 1.82) is 0 Å². The summed E-state index contributed by atoms with van der Waals surface area (Å²) in [5, 5.41) is 0. The van der Waals surface area contributed by atoms with Crippen LogP contribution in [0.15, 0.2) is 24.3 Å². The predicted molar refractivity (Wildman–Crippen MR) is 99.8 cm³/mol. The van der Waals surface area contributed by atoms with Crippen molar-refractivity contribution in [2.45, 2.75) is 51.5 Å². The first kappa shape index (κ1) is 18.7. The fourth-order valence-electron chi connectivity index (χ4n) is 3.88. The van der Waals surface area contributed by atoms with Gasteiger partial charge in [0.1, 0.15) is 5.75 Å². The maximum absolute atomic E-state index is 13.3. The van der Waals surface area contributed by atoms with Gasteiger partial charge in [0.05, 0.1) is 13.2 Å². The second-order valence-corrected chi connectivity index (χ2v) is 9.22. The number of piperidine rings is 1. The van der Waals surface area contributed by atoms with Gasteiger partial charge in [-0.1, -0.05) is 31.9 Å². The second-order valence-electron chi connectivity index (χ2n) is 7.34. The standard InChI is InChI=1S/C19H30N2O3S/c1-16-11-14-20(15-12-16)25(22,23)21-13-5-3-4-6-19(21)17-7-9-18(24-2)10-8-17/h7-10,16,19H,3-6,11-15H2,1-2H3. The van der Waals surface area contributed by atoms with E-state index in [1.54, 1.807) is 15.7 Å². The Morgan fingerprint density at radius 1 is 0.960 bits per heavy atom. The number of nitrogens with zero attached hydrogens (tertiary/aromatic N) is 2. The Labute approximate surface area is 152 Å². The minimum Gasteiger partial charge on any atom is -0.497 e. The summed E-state index contributed by atoms with van der Waals surface area (Å²) < 4.78 is 35.4. The molecule has 0 amide bonds. The van der Waals surface area contributed by atoms with Crippen LogP contribution in [0, 0.1) is 5.92 Å².